The fraction of sp³-hybridized carbons (Fsp3) is 0.800. The molecule has 0 aliphatic rings. The molecule has 0 aliphatic heterocycles. The van der Waals surface area contributed by atoms with Gasteiger partial charge in [-0.15, -0.1) is 0 Å². The zero-order chi connectivity index (χ0) is 14.3. The average Bonchev–Trinajstić information content (AvgIpc) is 2.38. The minimum atomic E-state index is -0.408. The van der Waals surface area contributed by atoms with Crippen molar-refractivity contribution in [2.75, 3.05) is 19.8 Å². The third-order valence-corrected chi connectivity index (χ3v) is 2.34. The lowest BCUT2D eigenvalue weighted by atomic mass is 10.1. The molecule has 0 bridgehead atoms. The van der Waals surface area contributed by atoms with Crippen molar-refractivity contribution >= 4 is 5.97 Å². The quantitative estimate of drug-likeness (QED) is 0.265. The Labute approximate surface area is 116 Å². The molecule has 0 heterocycles. The van der Waals surface area contributed by atoms with Crippen molar-refractivity contribution in [3.05, 3.63) is 0 Å². The van der Waals surface area contributed by atoms with Crippen LogP contribution in [0.3, 0.4) is 0 Å². The van der Waals surface area contributed by atoms with E-state index < -0.39 is 6.29 Å². The molecule has 0 spiro atoms. The van der Waals surface area contributed by atoms with Crippen molar-refractivity contribution in [2.45, 2.75) is 59.2 Å². The Morgan fingerprint density at radius 1 is 1.00 bits per heavy atom. The van der Waals surface area contributed by atoms with Crippen molar-refractivity contribution in [3.8, 4) is 11.8 Å². The predicted octanol–water partition coefficient (Wildman–Crippen LogP) is 2.90. The van der Waals surface area contributed by atoms with Gasteiger partial charge >= 0.3 is 5.97 Å². The van der Waals surface area contributed by atoms with Gasteiger partial charge in [0.1, 0.15) is 0 Å². The van der Waals surface area contributed by atoms with E-state index in [1.54, 1.807) is 0 Å². The van der Waals surface area contributed by atoms with Gasteiger partial charge in [0.05, 0.1) is 6.61 Å². The third kappa shape index (κ3) is 11.8. The van der Waals surface area contributed by atoms with E-state index in [1.807, 2.05) is 20.8 Å². The molecule has 4 heteroatoms. The first-order chi connectivity index (χ1) is 9.24. The molecule has 0 N–H and O–H groups in total. The number of hydrogen-bond donors (Lipinski definition) is 0. The summed E-state index contributed by atoms with van der Waals surface area (Å²) >= 11 is 0. The van der Waals surface area contributed by atoms with E-state index in [1.165, 1.54) is 0 Å². The van der Waals surface area contributed by atoms with Crippen molar-refractivity contribution in [1.82, 2.24) is 0 Å². The maximum absolute atomic E-state index is 11.1. The van der Waals surface area contributed by atoms with E-state index in [0.717, 1.165) is 25.7 Å². The number of carbonyl (C=O) groups is 1. The maximum atomic E-state index is 11.1. The monoisotopic (exact) mass is 270 g/mol. The van der Waals surface area contributed by atoms with Crippen LogP contribution in [-0.2, 0) is 19.0 Å². The Bertz CT molecular complexity index is 272. The topological polar surface area (TPSA) is 44.8 Å². The van der Waals surface area contributed by atoms with Crippen LogP contribution >= 0.6 is 0 Å². The summed E-state index contributed by atoms with van der Waals surface area (Å²) < 4.78 is 15.5. The van der Waals surface area contributed by atoms with E-state index in [2.05, 4.69) is 11.8 Å². The average molecular weight is 270 g/mol. The zero-order valence-corrected chi connectivity index (χ0v) is 12.4. The number of esters is 1. The summed E-state index contributed by atoms with van der Waals surface area (Å²) in [5.74, 6) is 5.90. The van der Waals surface area contributed by atoms with Gasteiger partial charge in [-0.3, -0.25) is 4.79 Å². The first-order valence-electron chi connectivity index (χ1n) is 7.11. The van der Waals surface area contributed by atoms with Gasteiger partial charge in [0.2, 0.25) is 6.29 Å². The molecule has 0 amide bonds. The second-order valence-electron chi connectivity index (χ2n) is 3.93. The second-order valence-corrected chi connectivity index (χ2v) is 3.93. The van der Waals surface area contributed by atoms with Crippen LogP contribution < -0.4 is 0 Å². The highest BCUT2D eigenvalue weighted by molar-refractivity contribution is 5.69. The Morgan fingerprint density at radius 2 is 1.68 bits per heavy atom. The summed E-state index contributed by atoms with van der Waals surface area (Å²) in [4.78, 5) is 11.1. The summed E-state index contributed by atoms with van der Waals surface area (Å²) in [6, 6.07) is 0. The maximum Gasteiger partial charge on any atom is 0.305 e. The molecule has 0 atom stereocenters. The molecule has 19 heavy (non-hydrogen) atoms. The number of carbonyl (C=O) groups excluding carboxylic acids is 1. The molecular weight excluding hydrogens is 244 g/mol. The van der Waals surface area contributed by atoms with Crippen LogP contribution in [0.15, 0.2) is 0 Å². The second kappa shape index (κ2) is 13.4. The van der Waals surface area contributed by atoms with Crippen LogP contribution in [0, 0.1) is 11.8 Å². The SMILES string of the molecule is CCOC(=O)CCCCCC#CC(OCC)OCC. The molecule has 110 valence electrons. The molecule has 0 unspecified atom stereocenters. The Balaban J connectivity index is 3.59. The molecule has 0 aromatic carbocycles. The summed E-state index contributed by atoms with van der Waals surface area (Å²) in [6.45, 7) is 7.31. The van der Waals surface area contributed by atoms with E-state index in [-0.39, 0.29) is 5.97 Å². The molecule has 0 aliphatic carbocycles. The molecule has 0 aromatic rings. The summed E-state index contributed by atoms with van der Waals surface area (Å²) in [6.07, 6.45) is 3.73. The van der Waals surface area contributed by atoms with E-state index >= 15 is 0 Å². The van der Waals surface area contributed by atoms with Crippen molar-refractivity contribution in [1.29, 1.82) is 0 Å². The molecule has 0 fully saturated rings. The number of unbranched alkanes of at least 4 members (excludes halogenated alkanes) is 3. The smallest absolute Gasteiger partial charge is 0.305 e. The third-order valence-electron chi connectivity index (χ3n) is 2.34. The molecule has 0 radical (unpaired) electrons. The van der Waals surface area contributed by atoms with Crippen LogP contribution in [0.4, 0.5) is 0 Å². The Kier molecular flexibility index (Phi) is 12.6. The molecule has 0 aromatic heterocycles. The fourth-order valence-corrected chi connectivity index (χ4v) is 1.48. The number of ether oxygens (including phenoxy) is 3. The lowest BCUT2D eigenvalue weighted by Crippen LogP contribution is -2.14. The zero-order valence-electron chi connectivity index (χ0n) is 12.4. The van der Waals surface area contributed by atoms with E-state index in [0.29, 0.717) is 26.2 Å². The van der Waals surface area contributed by atoms with Crippen LogP contribution in [-0.4, -0.2) is 32.1 Å². The highest BCUT2D eigenvalue weighted by atomic mass is 16.7. The van der Waals surface area contributed by atoms with Gasteiger partial charge in [0.15, 0.2) is 0 Å². The van der Waals surface area contributed by atoms with Crippen LogP contribution in [0.25, 0.3) is 0 Å². The Hall–Kier alpha value is -1.05. The van der Waals surface area contributed by atoms with Gasteiger partial charge in [-0.25, -0.2) is 0 Å². The fourth-order valence-electron chi connectivity index (χ4n) is 1.48. The van der Waals surface area contributed by atoms with Crippen molar-refractivity contribution in [2.24, 2.45) is 0 Å². The molecule has 4 nitrogen and oxygen atoms in total. The van der Waals surface area contributed by atoms with Gasteiger partial charge in [-0.2, -0.15) is 0 Å². The van der Waals surface area contributed by atoms with Crippen LogP contribution in [0.5, 0.6) is 0 Å². The first kappa shape index (κ1) is 17.9. The lowest BCUT2D eigenvalue weighted by Gasteiger charge is -2.09. The lowest BCUT2D eigenvalue weighted by molar-refractivity contribution is -0.143. The minimum Gasteiger partial charge on any atom is -0.466 e. The number of rotatable bonds is 10. The highest BCUT2D eigenvalue weighted by Crippen LogP contribution is 2.03. The molecule has 0 saturated heterocycles. The first-order valence-corrected chi connectivity index (χ1v) is 7.11. The molecule has 0 rings (SSSR count). The summed E-state index contributed by atoms with van der Waals surface area (Å²) in [5, 5.41) is 0. The summed E-state index contributed by atoms with van der Waals surface area (Å²) in [5.41, 5.74) is 0. The van der Waals surface area contributed by atoms with E-state index in [4.69, 9.17) is 14.2 Å². The standard InChI is InChI=1S/C15H26O4/c1-4-17-14(16)12-10-8-7-9-11-13-15(18-5-2)19-6-3/h15H,4-10,12H2,1-3H3. The normalized spacial score (nSPS) is 10.1. The Morgan fingerprint density at radius 3 is 2.26 bits per heavy atom. The molecule has 0 saturated carbocycles. The van der Waals surface area contributed by atoms with Gasteiger partial charge < -0.3 is 14.2 Å². The molecular formula is C15H26O4. The van der Waals surface area contributed by atoms with Crippen molar-refractivity contribution in [3.63, 3.8) is 0 Å². The summed E-state index contributed by atoms with van der Waals surface area (Å²) in [7, 11) is 0. The number of hydrogen-bond acceptors (Lipinski definition) is 4. The van der Waals surface area contributed by atoms with Crippen molar-refractivity contribution < 1.29 is 19.0 Å². The van der Waals surface area contributed by atoms with Gasteiger partial charge in [-0.05, 0) is 39.5 Å². The van der Waals surface area contributed by atoms with E-state index in [9.17, 15) is 4.79 Å². The highest BCUT2D eigenvalue weighted by Gasteiger charge is 2.02. The minimum absolute atomic E-state index is 0.110. The predicted molar refractivity (Wildman–Crippen MR) is 74.5 cm³/mol. The van der Waals surface area contributed by atoms with Gasteiger partial charge in [0.25, 0.3) is 0 Å². The van der Waals surface area contributed by atoms with Crippen LogP contribution in [0.2, 0.25) is 0 Å². The van der Waals surface area contributed by atoms with Gasteiger partial charge in [-0.1, -0.05) is 12.3 Å². The largest absolute Gasteiger partial charge is 0.466 e. The van der Waals surface area contributed by atoms with Crippen LogP contribution in [0.1, 0.15) is 52.9 Å². The van der Waals surface area contributed by atoms with Gasteiger partial charge in [0, 0.05) is 26.1 Å².